The Balaban J connectivity index is 0.000000278. The number of benzene rings is 2. The Labute approximate surface area is 171 Å². The Morgan fingerprint density at radius 1 is 0.931 bits per heavy atom. The molecule has 0 radical (unpaired) electrons. The molecule has 0 amide bonds. The molecule has 0 spiro atoms. The van der Waals surface area contributed by atoms with Crippen molar-refractivity contribution in [1.82, 2.24) is 0 Å². The lowest BCUT2D eigenvalue weighted by atomic mass is 9.76. The molecule has 2 aromatic carbocycles. The van der Waals surface area contributed by atoms with E-state index in [0.717, 1.165) is 0 Å². The van der Waals surface area contributed by atoms with Crippen LogP contribution in [0.4, 0.5) is 0 Å². The Hall–Kier alpha value is -2.64. The lowest BCUT2D eigenvalue weighted by molar-refractivity contribution is 0.00578. The van der Waals surface area contributed by atoms with E-state index < -0.39 is 24.3 Å². The highest BCUT2D eigenvalue weighted by atomic mass is 16.7. The van der Waals surface area contributed by atoms with Gasteiger partial charge < -0.3 is 19.2 Å². The van der Waals surface area contributed by atoms with Gasteiger partial charge in [-0.05, 0) is 58.3 Å². The molecule has 1 aliphatic heterocycles. The average molecular weight is 398 g/mol. The van der Waals surface area contributed by atoms with Crippen LogP contribution in [0.15, 0.2) is 54.6 Å². The first-order chi connectivity index (χ1) is 13.6. The fourth-order valence-electron chi connectivity index (χ4n) is 2.65. The van der Waals surface area contributed by atoms with Gasteiger partial charge in [-0.1, -0.05) is 36.4 Å². The summed E-state index contributed by atoms with van der Waals surface area (Å²) in [7, 11) is -0.555. The summed E-state index contributed by atoms with van der Waals surface area (Å²) in [6, 6.07) is 15.5. The molecule has 2 aromatic rings. The van der Waals surface area contributed by atoms with Crippen LogP contribution in [-0.4, -0.2) is 42.0 Å². The molecule has 0 aromatic heterocycles. The number of rotatable bonds is 4. The van der Waals surface area contributed by atoms with E-state index in [1.54, 1.807) is 49.4 Å². The summed E-state index contributed by atoms with van der Waals surface area (Å²) < 4.78 is 17.1. The molecule has 154 valence electrons. The van der Waals surface area contributed by atoms with E-state index in [2.05, 4.69) is 0 Å². The minimum Gasteiger partial charge on any atom is -0.478 e. The van der Waals surface area contributed by atoms with Crippen LogP contribution in [0.25, 0.3) is 0 Å². The molecule has 1 aliphatic rings. The maximum Gasteiger partial charge on any atom is 0.495 e. The van der Waals surface area contributed by atoms with E-state index in [9.17, 15) is 9.59 Å². The first-order valence-corrected chi connectivity index (χ1v) is 9.49. The van der Waals surface area contributed by atoms with Crippen molar-refractivity contribution in [3.63, 3.8) is 0 Å². The molecule has 0 atom stereocenters. The van der Waals surface area contributed by atoms with Gasteiger partial charge in [0.1, 0.15) is 0 Å². The van der Waals surface area contributed by atoms with Gasteiger partial charge in [0.25, 0.3) is 0 Å². The van der Waals surface area contributed by atoms with E-state index in [1.807, 2.05) is 39.8 Å². The number of ether oxygens (including phenoxy) is 1. The SMILES string of the molecule is CCOC(=O)c1ccccc1B1OC(C)(C)C(C)(C)O1.O=C(O)c1ccccc1. The molecule has 0 aliphatic carbocycles. The van der Waals surface area contributed by atoms with E-state index in [0.29, 0.717) is 23.2 Å². The summed E-state index contributed by atoms with van der Waals surface area (Å²) in [6.45, 7) is 10.1. The Morgan fingerprint density at radius 3 is 1.93 bits per heavy atom. The number of hydrogen-bond acceptors (Lipinski definition) is 5. The van der Waals surface area contributed by atoms with Gasteiger partial charge in [0.05, 0.1) is 28.9 Å². The smallest absolute Gasteiger partial charge is 0.478 e. The second-order valence-corrected chi connectivity index (χ2v) is 7.57. The van der Waals surface area contributed by atoms with Gasteiger partial charge in [-0.15, -0.1) is 0 Å². The molecule has 1 N–H and O–H groups in total. The summed E-state index contributed by atoms with van der Waals surface area (Å²) >= 11 is 0. The van der Waals surface area contributed by atoms with E-state index >= 15 is 0 Å². The van der Waals surface area contributed by atoms with Crippen LogP contribution in [0, 0.1) is 0 Å². The summed E-state index contributed by atoms with van der Waals surface area (Å²) in [5.74, 6) is -1.23. The maximum atomic E-state index is 12.0. The molecule has 0 bridgehead atoms. The van der Waals surface area contributed by atoms with Crippen molar-refractivity contribution in [3.8, 4) is 0 Å². The third-order valence-corrected chi connectivity index (χ3v) is 4.98. The molecule has 0 unspecified atom stereocenters. The van der Waals surface area contributed by atoms with Gasteiger partial charge in [0.15, 0.2) is 0 Å². The molecular formula is C22H27BO6. The van der Waals surface area contributed by atoms with Crippen molar-refractivity contribution < 1.29 is 28.7 Å². The maximum absolute atomic E-state index is 12.0. The summed E-state index contributed by atoms with van der Waals surface area (Å²) in [6.07, 6.45) is 0. The Bertz CT molecular complexity index is 831. The minimum absolute atomic E-state index is 0.331. The molecule has 1 fully saturated rings. The van der Waals surface area contributed by atoms with Crippen LogP contribution < -0.4 is 5.46 Å². The van der Waals surface area contributed by atoms with E-state index in [1.165, 1.54) is 0 Å². The first-order valence-electron chi connectivity index (χ1n) is 9.49. The minimum atomic E-state index is -0.879. The number of hydrogen-bond donors (Lipinski definition) is 1. The van der Waals surface area contributed by atoms with Crippen molar-refractivity contribution in [2.24, 2.45) is 0 Å². The standard InChI is InChI=1S/C15H21BO4.C7H6O2/c1-6-18-13(17)11-9-7-8-10-12(11)16-19-14(2,3)15(4,5)20-16;8-7(9)6-4-2-1-3-5-6/h7-10H,6H2,1-5H3;1-5H,(H,8,9). The molecule has 1 saturated heterocycles. The lowest BCUT2D eigenvalue weighted by Crippen LogP contribution is -2.41. The summed E-state index contributed by atoms with van der Waals surface area (Å²) in [4.78, 5) is 22.2. The fourth-order valence-corrected chi connectivity index (χ4v) is 2.65. The highest BCUT2D eigenvalue weighted by Gasteiger charge is 2.52. The Kier molecular flexibility index (Phi) is 7.22. The zero-order chi connectivity index (χ0) is 21.7. The topological polar surface area (TPSA) is 82.1 Å². The largest absolute Gasteiger partial charge is 0.495 e. The van der Waals surface area contributed by atoms with Gasteiger partial charge >= 0.3 is 19.1 Å². The van der Waals surface area contributed by atoms with Crippen molar-refractivity contribution in [1.29, 1.82) is 0 Å². The van der Waals surface area contributed by atoms with Crippen molar-refractivity contribution in [2.45, 2.75) is 45.8 Å². The third kappa shape index (κ3) is 5.46. The molecule has 0 saturated carbocycles. The summed E-state index contributed by atoms with van der Waals surface area (Å²) in [5.41, 5.74) is 0.675. The molecule has 29 heavy (non-hydrogen) atoms. The second kappa shape index (κ2) is 9.24. The fraction of sp³-hybridized carbons (Fsp3) is 0.364. The number of carboxylic acid groups (broad SMARTS) is 1. The third-order valence-electron chi connectivity index (χ3n) is 4.98. The van der Waals surface area contributed by atoms with Gasteiger partial charge in [0.2, 0.25) is 0 Å². The predicted octanol–water partition coefficient (Wildman–Crippen LogP) is 3.55. The van der Waals surface area contributed by atoms with Crippen LogP contribution in [0.2, 0.25) is 0 Å². The van der Waals surface area contributed by atoms with E-state index in [-0.39, 0.29) is 5.97 Å². The quantitative estimate of drug-likeness (QED) is 0.627. The van der Waals surface area contributed by atoms with Crippen molar-refractivity contribution in [2.75, 3.05) is 6.61 Å². The van der Waals surface area contributed by atoms with Gasteiger partial charge in [-0.3, -0.25) is 0 Å². The Morgan fingerprint density at radius 2 is 1.45 bits per heavy atom. The van der Waals surface area contributed by atoms with Crippen molar-refractivity contribution >= 4 is 24.5 Å². The highest BCUT2D eigenvalue weighted by molar-refractivity contribution is 6.63. The molecule has 3 rings (SSSR count). The number of carboxylic acids is 1. The molecule has 6 nitrogen and oxygen atoms in total. The number of aromatic carboxylic acids is 1. The zero-order valence-electron chi connectivity index (χ0n) is 17.5. The second-order valence-electron chi connectivity index (χ2n) is 7.57. The molecule has 1 heterocycles. The first kappa shape index (κ1) is 22.7. The number of carbonyl (C=O) groups excluding carboxylic acids is 1. The number of carbonyl (C=O) groups is 2. The van der Waals surface area contributed by atoms with Crippen LogP contribution in [0.1, 0.15) is 55.3 Å². The van der Waals surface area contributed by atoms with Crippen LogP contribution in [0.5, 0.6) is 0 Å². The normalized spacial score (nSPS) is 16.5. The lowest BCUT2D eigenvalue weighted by Gasteiger charge is -2.32. The summed E-state index contributed by atoms with van der Waals surface area (Å²) in [5, 5.41) is 8.38. The average Bonchev–Trinajstić information content (AvgIpc) is 2.90. The zero-order valence-corrected chi connectivity index (χ0v) is 17.5. The monoisotopic (exact) mass is 398 g/mol. The van der Waals surface area contributed by atoms with Gasteiger partial charge in [-0.2, -0.15) is 0 Å². The van der Waals surface area contributed by atoms with Crippen LogP contribution in [0.3, 0.4) is 0 Å². The molecule has 7 heteroatoms. The highest BCUT2D eigenvalue weighted by Crippen LogP contribution is 2.36. The van der Waals surface area contributed by atoms with Gasteiger partial charge in [-0.25, -0.2) is 9.59 Å². The predicted molar refractivity (Wildman–Crippen MR) is 112 cm³/mol. The van der Waals surface area contributed by atoms with Crippen LogP contribution >= 0.6 is 0 Å². The molecular weight excluding hydrogens is 371 g/mol. The number of esters is 1. The van der Waals surface area contributed by atoms with Crippen molar-refractivity contribution in [3.05, 3.63) is 65.7 Å². The van der Waals surface area contributed by atoms with E-state index in [4.69, 9.17) is 19.2 Å². The van der Waals surface area contributed by atoms with Crippen LogP contribution in [-0.2, 0) is 14.0 Å². The van der Waals surface area contributed by atoms with Gasteiger partial charge in [0, 0.05) is 0 Å².